The van der Waals surface area contributed by atoms with Crippen molar-refractivity contribution in [3.05, 3.63) is 29.0 Å². The molecule has 0 N–H and O–H groups in total. The minimum Gasteiger partial charge on any atom is -0.463 e. The van der Waals surface area contributed by atoms with E-state index in [4.69, 9.17) is 11.6 Å². The van der Waals surface area contributed by atoms with Gasteiger partial charge in [0.15, 0.2) is 0 Å². The Morgan fingerprint density at radius 3 is 3.18 bits per heavy atom. The van der Waals surface area contributed by atoms with Crippen LogP contribution in [0.3, 0.4) is 0 Å². The SMILES string of the molecule is O=COCc1cccnc1Cl. The molecule has 0 aromatic carbocycles. The predicted octanol–water partition coefficient (Wildman–Crippen LogP) is 1.41. The Hall–Kier alpha value is -1.09. The summed E-state index contributed by atoms with van der Waals surface area (Å²) in [4.78, 5) is 13.6. The second kappa shape index (κ2) is 3.93. The average molecular weight is 172 g/mol. The number of hydrogen-bond donors (Lipinski definition) is 0. The summed E-state index contributed by atoms with van der Waals surface area (Å²) in [5.74, 6) is 0. The van der Waals surface area contributed by atoms with Crippen molar-refractivity contribution in [2.75, 3.05) is 0 Å². The van der Waals surface area contributed by atoms with E-state index < -0.39 is 0 Å². The summed E-state index contributed by atoms with van der Waals surface area (Å²) in [5.41, 5.74) is 0.710. The Labute approximate surface area is 69.0 Å². The summed E-state index contributed by atoms with van der Waals surface area (Å²) >= 11 is 5.65. The molecule has 0 bridgehead atoms. The van der Waals surface area contributed by atoms with Gasteiger partial charge in [-0.1, -0.05) is 17.7 Å². The summed E-state index contributed by atoms with van der Waals surface area (Å²) in [6.07, 6.45) is 1.58. The van der Waals surface area contributed by atoms with Crippen molar-refractivity contribution < 1.29 is 9.53 Å². The maximum atomic E-state index is 9.80. The lowest BCUT2D eigenvalue weighted by molar-refractivity contribution is -0.129. The Morgan fingerprint density at radius 1 is 1.73 bits per heavy atom. The molecule has 3 nitrogen and oxygen atoms in total. The van der Waals surface area contributed by atoms with Crippen LogP contribution in [0.25, 0.3) is 0 Å². The van der Waals surface area contributed by atoms with Crippen LogP contribution in [-0.4, -0.2) is 11.5 Å². The van der Waals surface area contributed by atoms with Crippen LogP contribution in [0.2, 0.25) is 5.15 Å². The van der Waals surface area contributed by atoms with Crippen LogP contribution in [0.4, 0.5) is 0 Å². The number of halogens is 1. The highest BCUT2D eigenvalue weighted by molar-refractivity contribution is 6.30. The molecule has 0 amide bonds. The van der Waals surface area contributed by atoms with Crippen molar-refractivity contribution in [1.29, 1.82) is 0 Å². The van der Waals surface area contributed by atoms with Gasteiger partial charge in [0.05, 0.1) is 0 Å². The Kier molecular flexibility index (Phi) is 2.86. The molecular formula is C7H6ClNO2. The molecule has 0 saturated heterocycles. The Bertz CT molecular complexity index is 252. The molecule has 0 spiro atoms. The number of carbonyl (C=O) groups excluding carboxylic acids is 1. The van der Waals surface area contributed by atoms with Crippen LogP contribution in [0, 0.1) is 0 Å². The van der Waals surface area contributed by atoms with Crippen molar-refractivity contribution in [3.63, 3.8) is 0 Å². The van der Waals surface area contributed by atoms with Crippen LogP contribution in [0.15, 0.2) is 18.3 Å². The van der Waals surface area contributed by atoms with E-state index >= 15 is 0 Å². The molecule has 0 aliphatic carbocycles. The van der Waals surface area contributed by atoms with Gasteiger partial charge >= 0.3 is 0 Å². The quantitative estimate of drug-likeness (QED) is 0.510. The standard InChI is InChI=1S/C7H6ClNO2/c8-7-6(4-11-5-10)2-1-3-9-7/h1-3,5H,4H2. The lowest BCUT2D eigenvalue weighted by atomic mass is 10.3. The number of nitrogens with zero attached hydrogens (tertiary/aromatic N) is 1. The fraction of sp³-hybridized carbons (Fsp3) is 0.143. The zero-order chi connectivity index (χ0) is 8.10. The molecule has 11 heavy (non-hydrogen) atoms. The van der Waals surface area contributed by atoms with Gasteiger partial charge in [-0.3, -0.25) is 4.79 Å². The molecule has 1 heterocycles. The summed E-state index contributed by atoms with van der Waals surface area (Å²) in [6.45, 7) is 0.555. The van der Waals surface area contributed by atoms with Gasteiger partial charge in [-0.05, 0) is 6.07 Å². The molecule has 0 saturated carbocycles. The first kappa shape index (κ1) is 8.01. The monoisotopic (exact) mass is 171 g/mol. The van der Waals surface area contributed by atoms with Gasteiger partial charge in [0, 0.05) is 11.8 Å². The van der Waals surface area contributed by atoms with Gasteiger partial charge < -0.3 is 4.74 Å². The molecule has 58 valence electrons. The summed E-state index contributed by atoms with van der Waals surface area (Å²) in [6, 6.07) is 3.48. The molecule has 0 atom stereocenters. The van der Waals surface area contributed by atoms with E-state index in [0.717, 1.165) is 0 Å². The number of hydrogen-bond acceptors (Lipinski definition) is 3. The van der Waals surface area contributed by atoms with E-state index in [-0.39, 0.29) is 6.61 Å². The van der Waals surface area contributed by atoms with Gasteiger partial charge in [0.2, 0.25) is 0 Å². The van der Waals surface area contributed by atoms with Crippen molar-refractivity contribution in [2.24, 2.45) is 0 Å². The minimum atomic E-state index is 0.177. The summed E-state index contributed by atoms with van der Waals surface area (Å²) in [7, 11) is 0. The summed E-state index contributed by atoms with van der Waals surface area (Å²) in [5, 5.41) is 0.370. The number of carbonyl (C=O) groups is 1. The molecule has 0 unspecified atom stereocenters. The van der Waals surface area contributed by atoms with Crippen molar-refractivity contribution in [3.8, 4) is 0 Å². The maximum absolute atomic E-state index is 9.80. The van der Waals surface area contributed by atoms with Crippen LogP contribution in [0.1, 0.15) is 5.56 Å². The van der Waals surface area contributed by atoms with E-state index in [9.17, 15) is 4.79 Å². The van der Waals surface area contributed by atoms with E-state index in [2.05, 4.69) is 9.72 Å². The third-order valence-electron chi connectivity index (χ3n) is 1.14. The predicted molar refractivity (Wildman–Crippen MR) is 40.1 cm³/mol. The van der Waals surface area contributed by atoms with Gasteiger partial charge in [-0.2, -0.15) is 0 Å². The molecule has 1 aromatic heterocycles. The zero-order valence-electron chi connectivity index (χ0n) is 5.66. The highest BCUT2D eigenvalue weighted by atomic mass is 35.5. The molecule has 1 aromatic rings. The normalized spacial score (nSPS) is 9.18. The Balaban J connectivity index is 2.69. The highest BCUT2D eigenvalue weighted by Crippen LogP contribution is 2.11. The maximum Gasteiger partial charge on any atom is 0.293 e. The molecule has 0 aliphatic rings. The van der Waals surface area contributed by atoms with Crippen molar-refractivity contribution in [1.82, 2.24) is 4.98 Å². The smallest absolute Gasteiger partial charge is 0.293 e. The fourth-order valence-electron chi connectivity index (χ4n) is 0.651. The lowest BCUT2D eigenvalue weighted by Gasteiger charge is -1.99. The minimum absolute atomic E-state index is 0.177. The van der Waals surface area contributed by atoms with Gasteiger partial charge in [-0.25, -0.2) is 4.98 Å². The number of ether oxygens (including phenoxy) is 1. The van der Waals surface area contributed by atoms with E-state index in [0.29, 0.717) is 17.2 Å². The first-order chi connectivity index (χ1) is 5.34. The average Bonchev–Trinajstić information content (AvgIpc) is 2.03. The molecule has 4 heteroatoms. The van der Waals surface area contributed by atoms with E-state index in [1.54, 1.807) is 18.3 Å². The van der Waals surface area contributed by atoms with Gasteiger partial charge in [0.1, 0.15) is 11.8 Å². The molecular weight excluding hydrogens is 166 g/mol. The molecule has 0 radical (unpaired) electrons. The number of aromatic nitrogens is 1. The van der Waals surface area contributed by atoms with E-state index in [1.165, 1.54) is 0 Å². The van der Waals surface area contributed by atoms with Crippen LogP contribution < -0.4 is 0 Å². The topological polar surface area (TPSA) is 39.2 Å². The molecule has 0 fully saturated rings. The van der Waals surface area contributed by atoms with Crippen LogP contribution in [-0.2, 0) is 16.1 Å². The third-order valence-corrected chi connectivity index (χ3v) is 1.48. The summed E-state index contributed by atoms with van der Waals surface area (Å²) < 4.78 is 4.50. The fourth-order valence-corrected chi connectivity index (χ4v) is 0.825. The lowest BCUT2D eigenvalue weighted by Crippen LogP contribution is -1.91. The first-order valence-electron chi connectivity index (χ1n) is 2.99. The van der Waals surface area contributed by atoms with Gasteiger partial charge in [0.25, 0.3) is 6.47 Å². The van der Waals surface area contributed by atoms with Crippen LogP contribution >= 0.6 is 11.6 Å². The van der Waals surface area contributed by atoms with Crippen molar-refractivity contribution in [2.45, 2.75) is 6.61 Å². The largest absolute Gasteiger partial charge is 0.463 e. The number of pyridine rings is 1. The Morgan fingerprint density at radius 2 is 2.55 bits per heavy atom. The molecule has 0 aliphatic heterocycles. The second-order valence-corrected chi connectivity index (χ2v) is 2.22. The third kappa shape index (κ3) is 2.20. The highest BCUT2D eigenvalue weighted by Gasteiger charge is 1.98. The van der Waals surface area contributed by atoms with Gasteiger partial charge in [-0.15, -0.1) is 0 Å². The van der Waals surface area contributed by atoms with Crippen molar-refractivity contribution >= 4 is 18.1 Å². The zero-order valence-corrected chi connectivity index (χ0v) is 6.41. The van der Waals surface area contributed by atoms with Crippen LogP contribution in [0.5, 0.6) is 0 Å². The molecule has 1 rings (SSSR count). The second-order valence-electron chi connectivity index (χ2n) is 1.86. The van der Waals surface area contributed by atoms with E-state index in [1.807, 2.05) is 0 Å². The first-order valence-corrected chi connectivity index (χ1v) is 3.37. The number of rotatable bonds is 3.